The zero-order valence-electron chi connectivity index (χ0n) is 8.57. The van der Waals surface area contributed by atoms with Gasteiger partial charge in [0.05, 0.1) is 12.1 Å². The maximum absolute atomic E-state index is 13.5. The van der Waals surface area contributed by atoms with Crippen molar-refractivity contribution in [2.24, 2.45) is 5.73 Å². The minimum atomic E-state index is -1.06. The van der Waals surface area contributed by atoms with Crippen LogP contribution in [0, 0.1) is 17.5 Å². The van der Waals surface area contributed by atoms with Crippen LogP contribution in [0.1, 0.15) is 0 Å². The predicted molar refractivity (Wildman–Crippen MR) is 52.2 cm³/mol. The molecule has 0 saturated carbocycles. The van der Waals surface area contributed by atoms with Gasteiger partial charge in [-0.25, -0.2) is 17.9 Å². The molecule has 1 aromatic heterocycles. The van der Waals surface area contributed by atoms with Crippen LogP contribution in [0.4, 0.5) is 13.2 Å². The van der Waals surface area contributed by atoms with E-state index in [9.17, 15) is 13.2 Å². The fourth-order valence-electron chi connectivity index (χ4n) is 1.41. The first-order chi connectivity index (χ1) is 8.13. The second-order valence-electron chi connectivity index (χ2n) is 3.26. The number of halogens is 3. The number of aromatic nitrogens is 4. The molecule has 0 saturated heterocycles. The summed E-state index contributed by atoms with van der Waals surface area (Å²) in [5.41, 5.74) is 4.84. The smallest absolute Gasteiger partial charge is 0.188 e. The summed E-state index contributed by atoms with van der Waals surface area (Å²) in [7, 11) is 0. The molecule has 0 bridgehead atoms. The molecule has 2 aromatic rings. The number of rotatable bonds is 3. The van der Waals surface area contributed by atoms with E-state index in [1.165, 1.54) is 0 Å². The lowest BCUT2D eigenvalue weighted by Crippen LogP contribution is -2.13. The zero-order chi connectivity index (χ0) is 12.4. The number of nitrogens with zero attached hydrogens (tertiary/aromatic N) is 4. The Morgan fingerprint density at radius 1 is 1.18 bits per heavy atom. The molecule has 0 amide bonds. The first-order valence-electron chi connectivity index (χ1n) is 4.74. The Morgan fingerprint density at radius 2 is 1.82 bits per heavy atom. The van der Waals surface area contributed by atoms with Crippen molar-refractivity contribution in [2.45, 2.75) is 6.54 Å². The van der Waals surface area contributed by atoms with Gasteiger partial charge < -0.3 is 5.73 Å². The van der Waals surface area contributed by atoms with E-state index in [-0.39, 0.29) is 18.9 Å². The van der Waals surface area contributed by atoms with Gasteiger partial charge in [-0.1, -0.05) is 0 Å². The van der Waals surface area contributed by atoms with Gasteiger partial charge in [0.15, 0.2) is 5.82 Å². The summed E-state index contributed by atoms with van der Waals surface area (Å²) in [6.07, 6.45) is 0. The Kier molecular flexibility index (Phi) is 3.05. The van der Waals surface area contributed by atoms with Gasteiger partial charge in [0, 0.05) is 18.7 Å². The van der Waals surface area contributed by atoms with E-state index >= 15 is 0 Å². The van der Waals surface area contributed by atoms with Crippen LogP contribution in [-0.4, -0.2) is 26.8 Å². The first-order valence-corrected chi connectivity index (χ1v) is 4.74. The molecule has 8 heteroatoms. The molecule has 2 rings (SSSR count). The fraction of sp³-hybridized carbons (Fsp3) is 0.222. The van der Waals surface area contributed by atoms with Gasteiger partial charge in [0.2, 0.25) is 0 Å². The van der Waals surface area contributed by atoms with Crippen LogP contribution in [0.5, 0.6) is 0 Å². The minimum Gasteiger partial charge on any atom is -0.329 e. The number of nitrogens with two attached hydrogens (primary N) is 1. The third-order valence-electron chi connectivity index (χ3n) is 2.10. The summed E-state index contributed by atoms with van der Waals surface area (Å²) < 4.78 is 40.8. The molecular weight excluding hydrogens is 235 g/mol. The molecule has 1 heterocycles. The van der Waals surface area contributed by atoms with Crippen LogP contribution in [0.2, 0.25) is 0 Å². The van der Waals surface area contributed by atoms with Gasteiger partial charge in [-0.15, -0.1) is 5.10 Å². The Balaban J connectivity index is 2.56. The van der Waals surface area contributed by atoms with Gasteiger partial charge in [-0.05, 0) is 10.4 Å². The summed E-state index contributed by atoms with van der Waals surface area (Å²) in [5.74, 6) is -3.24. The van der Waals surface area contributed by atoms with E-state index in [0.29, 0.717) is 12.1 Å². The standard InChI is InChI=1S/C9H8F3N5/c10-5-3-6(11)8(7(12)4-5)9-14-15-16-17(9)2-1-13/h3-4H,1-2,13H2. The molecule has 2 N–H and O–H groups in total. The minimum absolute atomic E-state index is 0.120. The summed E-state index contributed by atoms with van der Waals surface area (Å²) in [6.45, 7) is 0.418. The molecule has 0 unspecified atom stereocenters. The lowest BCUT2D eigenvalue weighted by atomic mass is 10.2. The molecule has 0 radical (unpaired) electrons. The van der Waals surface area contributed by atoms with Crippen molar-refractivity contribution in [3.8, 4) is 11.4 Å². The second kappa shape index (κ2) is 4.50. The summed E-state index contributed by atoms with van der Waals surface area (Å²) >= 11 is 0. The Labute approximate surface area is 94.0 Å². The molecule has 5 nitrogen and oxygen atoms in total. The van der Waals surface area contributed by atoms with Crippen molar-refractivity contribution in [2.75, 3.05) is 6.54 Å². The van der Waals surface area contributed by atoms with E-state index in [4.69, 9.17) is 5.73 Å². The van der Waals surface area contributed by atoms with Crippen LogP contribution in [0.25, 0.3) is 11.4 Å². The van der Waals surface area contributed by atoms with Gasteiger partial charge in [-0.2, -0.15) is 0 Å². The SMILES string of the molecule is NCCn1nnnc1-c1c(F)cc(F)cc1F. The van der Waals surface area contributed by atoms with Crippen LogP contribution < -0.4 is 5.73 Å². The number of hydrogen-bond donors (Lipinski definition) is 1. The Morgan fingerprint density at radius 3 is 2.41 bits per heavy atom. The van der Waals surface area contributed by atoms with E-state index in [0.717, 1.165) is 4.68 Å². The molecule has 1 aromatic carbocycles. The Bertz CT molecular complexity index is 516. The van der Waals surface area contributed by atoms with Crippen molar-refractivity contribution in [1.29, 1.82) is 0 Å². The molecule has 0 spiro atoms. The van der Waals surface area contributed by atoms with E-state index in [1.54, 1.807) is 0 Å². The lowest BCUT2D eigenvalue weighted by molar-refractivity contribution is 0.541. The molecule has 0 fully saturated rings. The van der Waals surface area contributed by atoms with Crippen molar-refractivity contribution < 1.29 is 13.2 Å². The van der Waals surface area contributed by atoms with E-state index in [1.807, 2.05) is 0 Å². The maximum atomic E-state index is 13.5. The van der Waals surface area contributed by atoms with E-state index in [2.05, 4.69) is 15.5 Å². The third kappa shape index (κ3) is 2.11. The third-order valence-corrected chi connectivity index (χ3v) is 2.10. The van der Waals surface area contributed by atoms with Crippen LogP contribution in [0.3, 0.4) is 0 Å². The molecule has 90 valence electrons. The second-order valence-corrected chi connectivity index (χ2v) is 3.26. The fourth-order valence-corrected chi connectivity index (χ4v) is 1.41. The topological polar surface area (TPSA) is 69.6 Å². The monoisotopic (exact) mass is 243 g/mol. The van der Waals surface area contributed by atoms with Crippen molar-refractivity contribution >= 4 is 0 Å². The first kappa shape index (κ1) is 11.5. The highest BCUT2D eigenvalue weighted by Gasteiger charge is 2.19. The van der Waals surface area contributed by atoms with Gasteiger partial charge in [0.25, 0.3) is 0 Å². The molecule has 0 aliphatic rings. The van der Waals surface area contributed by atoms with E-state index < -0.39 is 23.0 Å². The van der Waals surface area contributed by atoms with Crippen molar-refractivity contribution in [1.82, 2.24) is 20.2 Å². The highest BCUT2D eigenvalue weighted by molar-refractivity contribution is 5.56. The largest absolute Gasteiger partial charge is 0.329 e. The van der Waals surface area contributed by atoms with Gasteiger partial charge in [0.1, 0.15) is 17.5 Å². The van der Waals surface area contributed by atoms with Crippen LogP contribution >= 0.6 is 0 Å². The summed E-state index contributed by atoms with van der Waals surface area (Å²) in [5, 5.41) is 10.3. The van der Waals surface area contributed by atoms with Gasteiger partial charge >= 0.3 is 0 Å². The van der Waals surface area contributed by atoms with Crippen molar-refractivity contribution in [3.63, 3.8) is 0 Å². The quantitative estimate of drug-likeness (QED) is 0.862. The van der Waals surface area contributed by atoms with Crippen LogP contribution in [0.15, 0.2) is 12.1 Å². The predicted octanol–water partition coefficient (Wildman–Crippen LogP) is 0.716. The van der Waals surface area contributed by atoms with Crippen LogP contribution in [-0.2, 0) is 6.54 Å². The summed E-state index contributed by atoms with van der Waals surface area (Å²) in [4.78, 5) is 0. The molecule has 0 atom stereocenters. The molecule has 17 heavy (non-hydrogen) atoms. The number of hydrogen-bond acceptors (Lipinski definition) is 4. The lowest BCUT2D eigenvalue weighted by Gasteiger charge is -2.05. The number of tetrazole rings is 1. The highest BCUT2D eigenvalue weighted by Crippen LogP contribution is 2.24. The average molecular weight is 243 g/mol. The molecule has 0 aliphatic carbocycles. The Hall–Kier alpha value is -1.96. The normalized spacial score (nSPS) is 10.8. The highest BCUT2D eigenvalue weighted by atomic mass is 19.1. The zero-order valence-corrected chi connectivity index (χ0v) is 8.57. The number of benzene rings is 1. The maximum Gasteiger partial charge on any atom is 0.188 e. The van der Waals surface area contributed by atoms with Crippen molar-refractivity contribution in [3.05, 3.63) is 29.6 Å². The molecular formula is C9H8F3N5. The van der Waals surface area contributed by atoms with Gasteiger partial charge in [-0.3, -0.25) is 0 Å². The summed E-state index contributed by atoms with van der Waals surface area (Å²) in [6, 6.07) is 1.14. The molecule has 0 aliphatic heterocycles. The average Bonchev–Trinajstić information content (AvgIpc) is 2.65.